The van der Waals surface area contributed by atoms with Crippen LogP contribution in [0.2, 0.25) is 5.02 Å². The van der Waals surface area contributed by atoms with Crippen molar-refractivity contribution in [2.24, 2.45) is 0 Å². The van der Waals surface area contributed by atoms with E-state index in [0.29, 0.717) is 16.3 Å². The first-order valence-corrected chi connectivity index (χ1v) is 5.54. The first-order chi connectivity index (χ1) is 8.18. The Morgan fingerprint density at radius 1 is 1.24 bits per heavy atom. The summed E-state index contributed by atoms with van der Waals surface area (Å²) in [4.78, 5) is 16.1. The number of amides is 1. The van der Waals surface area contributed by atoms with E-state index in [2.05, 4.69) is 10.3 Å². The van der Waals surface area contributed by atoms with Crippen LogP contribution in [0.4, 0.5) is 5.69 Å². The van der Waals surface area contributed by atoms with Crippen molar-refractivity contribution in [2.75, 3.05) is 5.32 Å². The molecule has 86 valence electrons. The number of hydrogen-bond acceptors (Lipinski definition) is 2. The van der Waals surface area contributed by atoms with E-state index in [1.54, 1.807) is 42.6 Å². The highest BCUT2D eigenvalue weighted by Crippen LogP contribution is 2.18. The Morgan fingerprint density at radius 2 is 2.00 bits per heavy atom. The summed E-state index contributed by atoms with van der Waals surface area (Å²) < 4.78 is 0. The fraction of sp³-hybridized carbons (Fsp3) is 0.0769. The minimum Gasteiger partial charge on any atom is -0.320 e. The lowest BCUT2D eigenvalue weighted by Gasteiger charge is -2.08. The predicted molar refractivity (Wildman–Crippen MR) is 68.4 cm³/mol. The van der Waals surface area contributed by atoms with Crippen molar-refractivity contribution in [1.82, 2.24) is 4.98 Å². The van der Waals surface area contributed by atoms with E-state index in [9.17, 15) is 4.79 Å². The summed E-state index contributed by atoms with van der Waals surface area (Å²) in [5.74, 6) is -0.230. The Balaban J connectivity index is 2.24. The summed E-state index contributed by atoms with van der Waals surface area (Å²) in [6.07, 6.45) is 1.68. The first kappa shape index (κ1) is 11.6. The van der Waals surface area contributed by atoms with E-state index < -0.39 is 0 Å². The molecule has 1 heterocycles. The summed E-state index contributed by atoms with van der Waals surface area (Å²) in [7, 11) is 0. The van der Waals surface area contributed by atoms with Gasteiger partial charge in [0.1, 0.15) is 0 Å². The van der Waals surface area contributed by atoms with Gasteiger partial charge in [-0.2, -0.15) is 0 Å². The Hall–Kier alpha value is -1.87. The zero-order valence-electron chi connectivity index (χ0n) is 9.27. The van der Waals surface area contributed by atoms with Gasteiger partial charge in [0.25, 0.3) is 5.91 Å². The number of aryl methyl sites for hydroxylation is 1. The molecule has 0 saturated heterocycles. The second-order valence-corrected chi connectivity index (χ2v) is 3.98. The monoisotopic (exact) mass is 246 g/mol. The molecule has 1 aromatic heterocycles. The SMILES string of the molecule is Cc1ncccc1NC(=O)c1ccccc1Cl. The van der Waals surface area contributed by atoms with Crippen molar-refractivity contribution in [1.29, 1.82) is 0 Å². The molecule has 3 nitrogen and oxygen atoms in total. The van der Waals surface area contributed by atoms with Crippen molar-refractivity contribution in [3.8, 4) is 0 Å². The number of benzene rings is 1. The molecule has 0 fully saturated rings. The van der Waals surface area contributed by atoms with E-state index in [-0.39, 0.29) is 5.91 Å². The zero-order chi connectivity index (χ0) is 12.3. The van der Waals surface area contributed by atoms with Gasteiger partial charge >= 0.3 is 0 Å². The van der Waals surface area contributed by atoms with E-state index in [1.807, 2.05) is 6.92 Å². The highest BCUT2D eigenvalue weighted by atomic mass is 35.5. The zero-order valence-corrected chi connectivity index (χ0v) is 10.0. The summed E-state index contributed by atoms with van der Waals surface area (Å²) in [5.41, 5.74) is 1.92. The van der Waals surface area contributed by atoms with Crippen LogP contribution in [0.1, 0.15) is 16.1 Å². The van der Waals surface area contributed by atoms with E-state index in [0.717, 1.165) is 5.69 Å². The van der Waals surface area contributed by atoms with Crippen LogP contribution in [-0.2, 0) is 0 Å². The largest absolute Gasteiger partial charge is 0.320 e. The Bertz CT molecular complexity index is 555. The van der Waals surface area contributed by atoms with Crippen LogP contribution < -0.4 is 5.32 Å². The third-order valence-corrected chi connectivity index (χ3v) is 2.70. The molecule has 4 heteroatoms. The summed E-state index contributed by atoms with van der Waals surface area (Å²) in [6, 6.07) is 10.5. The lowest BCUT2D eigenvalue weighted by atomic mass is 10.2. The van der Waals surface area contributed by atoms with Gasteiger partial charge in [0.2, 0.25) is 0 Å². The predicted octanol–water partition coefficient (Wildman–Crippen LogP) is 3.30. The molecule has 0 atom stereocenters. The van der Waals surface area contributed by atoms with E-state index in [1.165, 1.54) is 0 Å². The molecule has 0 bridgehead atoms. The van der Waals surface area contributed by atoms with Crippen LogP contribution in [0.5, 0.6) is 0 Å². The van der Waals surface area contributed by atoms with Crippen molar-refractivity contribution < 1.29 is 4.79 Å². The van der Waals surface area contributed by atoms with Crippen molar-refractivity contribution in [3.63, 3.8) is 0 Å². The molecule has 0 unspecified atom stereocenters. The van der Waals surface area contributed by atoms with Gasteiger partial charge in [-0.25, -0.2) is 0 Å². The lowest BCUT2D eigenvalue weighted by Crippen LogP contribution is -2.13. The average Bonchev–Trinajstić information content (AvgIpc) is 2.32. The second kappa shape index (κ2) is 4.97. The van der Waals surface area contributed by atoms with Crippen LogP contribution in [0.3, 0.4) is 0 Å². The van der Waals surface area contributed by atoms with Crippen LogP contribution in [-0.4, -0.2) is 10.9 Å². The number of aromatic nitrogens is 1. The molecule has 17 heavy (non-hydrogen) atoms. The number of anilines is 1. The van der Waals surface area contributed by atoms with Gasteiger partial charge in [0.15, 0.2) is 0 Å². The number of carbonyl (C=O) groups is 1. The Morgan fingerprint density at radius 3 is 2.71 bits per heavy atom. The summed E-state index contributed by atoms with van der Waals surface area (Å²) in [5, 5.41) is 3.22. The van der Waals surface area contributed by atoms with Gasteiger partial charge in [0.05, 0.1) is 22.0 Å². The minimum absolute atomic E-state index is 0.230. The molecule has 1 amide bonds. The number of halogens is 1. The highest BCUT2D eigenvalue weighted by molar-refractivity contribution is 6.34. The molecule has 0 radical (unpaired) electrons. The molecule has 0 aliphatic heterocycles. The molecule has 0 spiro atoms. The van der Waals surface area contributed by atoms with Crippen LogP contribution in [0.15, 0.2) is 42.6 Å². The van der Waals surface area contributed by atoms with E-state index >= 15 is 0 Å². The van der Waals surface area contributed by atoms with Crippen LogP contribution in [0, 0.1) is 6.92 Å². The van der Waals surface area contributed by atoms with Gasteiger partial charge in [0, 0.05) is 6.20 Å². The molecular weight excluding hydrogens is 236 g/mol. The van der Waals surface area contributed by atoms with Crippen molar-refractivity contribution >= 4 is 23.2 Å². The number of nitrogens with one attached hydrogen (secondary N) is 1. The average molecular weight is 247 g/mol. The summed E-state index contributed by atoms with van der Waals surface area (Å²) >= 11 is 5.95. The third-order valence-electron chi connectivity index (χ3n) is 2.37. The maximum Gasteiger partial charge on any atom is 0.257 e. The number of rotatable bonds is 2. The molecule has 0 aliphatic carbocycles. The molecule has 1 aromatic carbocycles. The normalized spacial score (nSPS) is 10.0. The molecule has 0 aliphatic rings. The third kappa shape index (κ3) is 2.63. The van der Waals surface area contributed by atoms with Gasteiger partial charge in [-0.3, -0.25) is 9.78 Å². The van der Waals surface area contributed by atoms with Crippen molar-refractivity contribution in [2.45, 2.75) is 6.92 Å². The van der Waals surface area contributed by atoms with Gasteiger partial charge in [-0.15, -0.1) is 0 Å². The maximum absolute atomic E-state index is 12.0. The van der Waals surface area contributed by atoms with Gasteiger partial charge in [-0.05, 0) is 31.2 Å². The number of nitrogens with zero attached hydrogens (tertiary/aromatic N) is 1. The quantitative estimate of drug-likeness (QED) is 0.884. The van der Waals surface area contributed by atoms with Crippen LogP contribution in [0.25, 0.3) is 0 Å². The standard InChI is InChI=1S/C13H11ClN2O/c1-9-12(7-4-8-15-9)16-13(17)10-5-2-3-6-11(10)14/h2-8H,1H3,(H,16,17). The molecular formula is C13H11ClN2O. The number of hydrogen-bond donors (Lipinski definition) is 1. The smallest absolute Gasteiger partial charge is 0.257 e. The topological polar surface area (TPSA) is 42.0 Å². The number of pyridine rings is 1. The minimum atomic E-state index is -0.230. The Kier molecular flexibility index (Phi) is 3.40. The first-order valence-electron chi connectivity index (χ1n) is 5.16. The molecule has 2 rings (SSSR count). The fourth-order valence-corrected chi connectivity index (χ4v) is 1.67. The van der Waals surface area contributed by atoms with Gasteiger partial charge in [-0.1, -0.05) is 23.7 Å². The van der Waals surface area contributed by atoms with Gasteiger partial charge < -0.3 is 5.32 Å². The second-order valence-electron chi connectivity index (χ2n) is 3.57. The maximum atomic E-state index is 12.0. The van der Waals surface area contributed by atoms with Crippen molar-refractivity contribution in [3.05, 3.63) is 58.9 Å². The lowest BCUT2D eigenvalue weighted by molar-refractivity contribution is 0.102. The van der Waals surface area contributed by atoms with Crippen LogP contribution >= 0.6 is 11.6 Å². The fourth-order valence-electron chi connectivity index (χ4n) is 1.45. The molecule has 1 N–H and O–H groups in total. The summed E-state index contributed by atoms with van der Waals surface area (Å²) in [6.45, 7) is 1.84. The molecule has 2 aromatic rings. The molecule has 0 saturated carbocycles. The highest BCUT2D eigenvalue weighted by Gasteiger charge is 2.10. The number of carbonyl (C=O) groups excluding carboxylic acids is 1. The Labute approximate surface area is 104 Å². The van der Waals surface area contributed by atoms with E-state index in [4.69, 9.17) is 11.6 Å².